The fourth-order valence-corrected chi connectivity index (χ4v) is 5.42. The molecule has 2 aliphatic rings. The fourth-order valence-electron chi connectivity index (χ4n) is 4.64. The molecule has 3 atom stereocenters. The normalized spacial score (nSPS) is 37.2. The maximum Gasteiger partial charge on any atom is 0.298 e. The number of hydrogen-bond donors (Lipinski definition) is 0. The lowest BCUT2D eigenvalue weighted by molar-refractivity contribution is -0.156. The van der Waals surface area contributed by atoms with Gasteiger partial charge in [0.1, 0.15) is 0 Å². The van der Waals surface area contributed by atoms with E-state index in [1.165, 1.54) is 17.6 Å². The van der Waals surface area contributed by atoms with Crippen molar-refractivity contribution in [2.24, 2.45) is 16.7 Å². The number of hydrogen-bond acceptors (Lipinski definition) is 2. The first-order valence-corrected chi connectivity index (χ1v) is 11.8. The van der Waals surface area contributed by atoms with Gasteiger partial charge in [0, 0.05) is 0 Å². The summed E-state index contributed by atoms with van der Waals surface area (Å²) in [5.74, 6) is 0.510. The zero-order valence-electron chi connectivity index (χ0n) is 14.9. The molecule has 2 rings (SSSR count). The maximum atomic E-state index is 12.9. The Kier molecular flexibility index (Phi) is 4.20. The average Bonchev–Trinajstić information content (AvgIpc) is 2.33. The van der Waals surface area contributed by atoms with E-state index >= 15 is 0 Å². The summed E-state index contributed by atoms with van der Waals surface area (Å²) in [5, 5.41) is 0. The van der Waals surface area contributed by atoms with E-state index in [2.05, 4.69) is 47.3 Å². The zero-order valence-corrected chi connectivity index (χ0v) is 15.9. The Bertz CT molecular complexity index is 474. The molecule has 21 heavy (non-hydrogen) atoms. The summed E-state index contributed by atoms with van der Waals surface area (Å²) in [6.07, 6.45) is 5.62. The lowest BCUT2D eigenvalue weighted by atomic mass is 9.50. The van der Waals surface area contributed by atoms with E-state index in [-0.39, 0.29) is 16.8 Å². The molecule has 2 aliphatic carbocycles. The van der Waals surface area contributed by atoms with Crippen molar-refractivity contribution in [3.63, 3.8) is 0 Å². The van der Waals surface area contributed by atoms with Gasteiger partial charge >= 0.3 is 0 Å². The SMILES string of the molecule is CC1=C(C)[C@@]2(C)CCC[C@](C)(C(=O)O[Si](C)(C)C)C2CC1. The van der Waals surface area contributed by atoms with Gasteiger partial charge in [-0.15, -0.1) is 0 Å². The van der Waals surface area contributed by atoms with Crippen LogP contribution in [0.15, 0.2) is 11.1 Å². The van der Waals surface area contributed by atoms with Gasteiger partial charge < -0.3 is 4.43 Å². The molecular formula is C18H32O2Si. The first kappa shape index (κ1) is 16.8. The first-order valence-electron chi connectivity index (χ1n) is 8.41. The highest BCUT2D eigenvalue weighted by molar-refractivity contribution is 6.71. The molecule has 2 nitrogen and oxygen atoms in total. The first-order chi connectivity index (χ1) is 9.51. The lowest BCUT2D eigenvalue weighted by Gasteiger charge is -2.54. The predicted molar refractivity (Wildman–Crippen MR) is 90.6 cm³/mol. The highest BCUT2D eigenvalue weighted by Gasteiger charge is 2.55. The summed E-state index contributed by atoms with van der Waals surface area (Å²) in [4.78, 5) is 12.9. The molecule has 0 aliphatic heterocycles. The minimum Gasteiger partial charge on any atom is -0.519 e. The molecule has 1 unspecified atom stereocenters. The van der Waals surface area contributed by atoms with Gasteiger partial charge in [0.25, 0.3) is 5.97 Å². The quantitative estimate of drug-likeness (QED) is 0.510. The topological polar surface area (TPSA) is 26.3 Å². The molecule has 0 aromatic heterocycles. The van der Waals surface area contributed by atoms with E-state index in [9.17, 15) is 4.79 Å². The summed E-state index contributed by atoms with van der Waals surface area (Å²) < 4.78 is 5.92. The van der Waals surface area contributed by atoms with Crippen LogP contribution in [0.1, 0.15) is 59.8 Å². The Morgan fingerprint density at radius 2 is 1.81 bits per heavy atom. The van der Waals surface area contributed by atoms with E-state index in [1.54, 1.807) is 0 Å². The van der Waals surface area contributed by atoms with Crippen molar-refractivity contribution in [1.82, 2.24) is 0 Å². The van der Waals surface area contributed by atoms with Gasteiger partial charge in [0.15, 0.2) is 0 Å². The van der Waals surface area contributed by atoms with E-state index in [0.29, 0.717) is 5.92 Å². The summed E-state index contributed by atoms with van der Waals surface area (Å²) in [6.45, 7) is 15.4. The van der Waals surface area contributed by atoms with Gasteiger partial charge in [-0.3, -0.25) is 4.79 Å². The molecule has 0 aromatic rings. The smallest absolute Gasteiger partial charge is 0.298 e. The number of fused-ring (bicyclic) bond motifs is 1. The monoisotopic (exact) mass is 308 g/mol. The average molecular weight is 309 g/mol. The van der Waals surface area contributed by atoms with Crippen LogP contribution in [0.5, 0.6) is 0 Å². The zero-order chi connectivity index (χ0) is 16.1. The van der Waals surface area contributed by atoms with E-state index in [0.717, 1.165) is 25.7 Å². The Morgan fingerprint density at radius 3 is 2.38 bits per heavy atom. The molecular weight excluding hydrogens is 276 g/mol. The van der Waals surface area contributed by atoms with Crippen LogP contribution in [0.3, 0.4) is 0 Å². The molecule has 3 heteroatoms. The van der Waals surface area contributed by atoms with Crippen LogP contribution < -0.4 is 0 Å². The Balaban J connectivity index is 2.36. The second kappa shape index (κ2) is 5.26. The summed E-state index contributed by atoms with van der Waals surface area (Å²) in [6, 6.07) is 0. The Morgan fingerprint density at radius 1 is 1.19 bits per heavy atom. The van der Waals surface area contributed by atoms with Crippen molar-refractivity contribution in [3.05, 3.63) is 11.1 Å². The molecule has 0 aromatic carbocycles. The van der Waals surface area contributed by atoms with Gasteiger partial charge in [-0.25, -0.2) is 0 Å². The third-order valence-corrected chi connectivity index (χ3v) is 6.90. The van der Waals surface area contributed by atoms with E-state index < -0.39 is 8.32 Å². The molecule has 1 fully saturated rings. The molecule has 0 saturated heterocycles. The molecule has 0 bridgehead atoms. The van der Waals surface area contributed by atoms with Crippen LogP contribution in [-0.4, -0.2) is 14.3 Å². The van der Waals surface area contributed by atoms with Gasteiger partial charge in [0.05, 0.1) is 5.41 Å². The van der Waals surface area contributed by atoms with Crippen molar-refractivity contribution in [1.29, 1.82) is 0 Å². The minimum atomic E-state index is -1.82. The van der Waals surface area contributed by atoms with E-state index in [1.807, 2.05) is 0 Å². The summed E-state index contributed by atoms with van der Waals surface area (Å²) in [7, 11) is -1.82. The summed E-state index contributed by atoms with van der Waals surface area (Å²) in [5.41, 5.74) is 2.96. The van der Waals surface area contributed by atoms with Crippen molar-refractivity contribution in [2.45, 2.75) is 79.4 Å². The number of allylic oxidation sites excluding steroid dienone is 2. The molecule has 0 amide bonds. The van der Waals surface area contributed by atoms with Gasteiger partial charge in [-0.2, -0.15) is 0 Å². The van der Waals surface area contributed by atoms with Gasteiger partial charge in [0.2, 0.25) is 8.32 Å². The maximum absolute atomic E-state index is 12.9. The van der Waals surface area contributed by atoms with Crippen molar-refractivity contribution >= 4 is 14.3 Å². The Labute approximate surface area is 131 Å². The molecule has 0 N–H and O–H groups in total. The van der Waals surface area contributed by atoms with Crippen molar-refractivity contribution in [3.8, 4) is 0 Å². The second-order valence-corrected chi connectivity index (χ2v) is 13.1. The van der Waals surface area contributed by atoms with E-state index in [4.69, 9.17) is 4.43 Å². The molecule has 1 saturated carbocycles. The number of carbonyl (C=O) groups is 1. The van der Waals surface area contributed by atoms with Crippen LogP contribution in [0.4, 0.5) is 0 Å². The molecule has 0 radical (unpaired) electrons. The largest absolute Gasteiger partial charge is 0.519 e. The predicted octanol–water partition coefficient (Wildman–Crippen LogP) is 5.31. The van der Waals surface area contributed by atoms with Crippen LogP contribution in [0.2, 0.25) is 19.6 Å². The van der Waals surface area contributed by atoms with Crippen LogP contribution in [-0.2, 0) is 9.22 Å². The summed E-state index contributed by atoms with van der Waals surface area (Å²) >= 11 is 0. The Hall–Kier alpha value is -0.573. The number of rotatable bonds is 2. The van der Waals surface area contributed by atoms with Crippen LogP contribution in [0.25, 0.3) is 0 Å². The van der Waals surface area contributed by atoms with Crippen molar-refractivity contribution in [2.75, 3.05) is 0 Å². The van der Waals surface area contributed by atoms with Crippen molar-refractivity contribution < 1.29 is 9.22 Å². The van der Waals surface area contributed by atoms with Crippen LogP contribution in [0, 0.1) is 16.7 Å². The molecule has 0 spiro atoms. The molecule has 0 heterocycles. The van der Waals surface area contributed by atoms with Crippen LogP contribution >= 0.6 is 0 Å². The molecule has 120 valence electrons. The highest BCUT2D eigenvalue weighted by atomic mass is 28.4. The third kappa shape index (κ3) is 2.86. The van der Waals surface area contributed by atoms with Gasteiger partial charge in [-0.1, -0.05) is 24.5 Å². The number of carbonyl (C=O) groups excluding carboxylic acids is 1. The standard InChI is InChI=1S/C18H32O2Si/c1-13-9-10-15-17(3,14(13)2)11-8-12-18(15,4)16(19)20-21(5,6)7/h15H,8-12H2,1-7H3/t15?,17-,18+/m1/s1. The minimum absolute atomic E-state index is 0.0740. The fraction of sp³-hybridized carbons (Fsp3) is 0.833. The second-order valence-electron chi connectivity index (χ2n) is 8.69. The van der Waals surface area contributed by atoms with Gasteiger partial charge in [-0.05, 0) is 77.4 Å². The highest BCUT2D eigenvalue weighted by Crippen LogP contribution is 2.59. The lowest BCUT2D eigenvalue weighted by Crippen LogP contribution is -2.52. The third-order valence-electron chi connectivity index (χ3n) is 6.10.